The molecule has 2 heteroatoms. The highest BCUT2D eigenvalue weighted by Crippen LogP contribution is 2.18. The maximum Gasteiger partial charge on any atom is 0.0121 e. The molecule has 1 atom stereocenters. The van der Waals surface area contributed by atoms with E-state index in [9.17, 15) is 0 Å². The van der Waals surface area contributed by atoms with Crippen LogP contribution in [0.5, 0.6) is 0 Å². The Balaban J connectivity index is 2.39. The molecule has 0 N–H and O–H groups in total. The van der Waals surface area contributed by atoms with E-state index in [1.54, 1.807) is 0 Å². The lowest BCUT2D eigenvalue weighted by Crippen LogP contribution is -1.91. The molecule has 0 radical (unpaired) electrons. The molecule has 0 aliphatic rings. The molecule has 0 aromatic carbocycles. The van der Waals surface area contributed by atoms with E-state index in [1.165, 1.54) is 22.6 Å². The van der Waals surface area contributed by atoms with E-state index < -0.39 is 0 Å². The zero-order chi connectivity index (χ0) is 8.27. The fourth-order valence-corrected chi connectivity index (χ4v) is 2.10. The van der Waals surface area contributed by atoms with Gasteiger partial charge in [0.1, 0.15) is 0 Å². The summed E-state index contributed by atoms with van der Waals surface area (Å²) < 4.78 is 0. The zero-order valence-corrected chi connectivity index (χ0v) is 9.33. The molecule has 62 valence electrons. The first-order chi connectivity index (χ1) is 5.18. The number of thiophene rings is 1. The molecule has 1 unspecified atom stereocenters. The number of aryl methyl sites for hydroxylation is 2. The molecule has 0 fully saturated rings. The van der Waals surface area contributed by atoms with Crippen LogP contribution >= 0.6 is 27.3 Å². The highest BCUT2D eigenvalue weighted by molar-refractivity contribution is 9.09. The van der Waals surface area contributed by atoms with Gasteiger partial charge in [-0.1, -0.05) is 22.9 Å². The summed E-state index contributed by atoms with van der Waals surface area (Å²) in [5, 5.41) is 0. The molecular formula is C9H13BrS. The van der Waals surface area contributed by atoms with Crippen LogP contribution in [-0.4, -0.2) is 4.83 Å². The average Bonchev–Trinajstić information content (AvgIpc) is 2.31. The Morgan fingerprint density at radius 1 is 1.55 bits per heavy atom. The Bertz CT molecular complexity index is 215. The van der Waals surface area contributed by atoms with Crippen molar-refractivity contribution < 1.29 is 0 Å². The normalized spacial score (nSPS) is 13.4. The summed E-state index contributed by atoms with van der Waals surface area (Å²) in [6.07, 6.45) is 2.45. The van der Waals surface area contributed by atoms with Crippen LogP contribution in [0.15, 0.2) is 12.1 Å². The topological polar surface area (TPSA) is 0 Å². The van der Waals surface area contributed by atoms with Crippen molar-refractivity contribution >= 4 is 27.3 Å². The Labute approximate surface area is 80.8 Å². The van der Waals surface area contributed by atoms with Gasteiger partial charge in [0.25, 0.3) is 0 Å². The summed E-state index contributed by atoms with van der Waals surface area (Å²) in [6.45, 7) is 4.35. The van der Waals surface area contributed by atoms with E-state index in [2.05, 4.69) is 41.9 Å². The second-order valence-electron chi connectivity index (χ2n) is 2.83. The van der Waals surface area contributed by atoms with E-state index in [4.69, 9.17) is 0 Å². The van der Waals surface area contributed by atoms with Gasteiger partial charge in [0.05, 0.1) is 0 Å². The minimum Gasteiger partial charge on any atom is -0.146 e. The van der Waals surface area contributed by atoms with Crippen LogP contribution in [0.1, 0.15) is 23.1 Å². The van der Waals surface area contributed by atoms with Crippen molar-refractivity contribution in [2.24, 2.45) is 0 Å². The van der Waals surface area contributed by atoms with Gasteiger partial charge in [-0.25, -0.2) is 0 Å². The molecule has 0 saturated carbocycles. The third kappa shape index (κ3) is 3.39. The Kier molecular flexibility index (Phi) is 3.60. The molecule has 0 spiro atoms. The first-order valence-corrected chi connectivity index (χ1v) is 5.61. The highest BCUT2D eigenvalue weighted by Gasteiger charge is 1.99. The summed E-state index contributed by atoms with van der Waals surface area (Å²) in [4.78, 5) is 3.57. The van der Waals surface area contributed by atoms with E-state index in [1.807, 2.05) is 11.3 Å². The Hall–Kier alpha value is 0.180. The van der Waals surface area contributed by atoms with Crippen LogP contribution in [0.25, 0.3) is 0 Å². The average molecular weight is 233 g/mol. The summed E-state index contributed by atoms with van der Waals surface area (Å²) in [5.41, 5.74) is 0. The summed E-state index contributed by atoms with van der Waals surface area (Å²) >= 11 is 5.45. The Morgan fingerprint density at radius 2 is 2.27 bits per heavy atom. The fraction of sp³-hybridized carbons (Fsp3) is 0.556. The monoisotopic (exact) mass is 232 g/mol. The number of alkyl halides is 1. The third-order valence-corrected chi connectivity index (χ3v) is 3.10. The quantitative estimate of drug-likeness (QED) is 0.697. The summed E-state index contributed by atoms with van der Waals surface area (Å²) in [6, 6.07) is 4.42. The van der Waals surface area contributed by atoms with E-state index >= 15 is 0 Å². The molecule has 0 saturated heterocycles. The van der Waals surface area contributed by atoms with Crippen LogP contribution in [-0.2, 0) is 6.42 Å². The molecule has 1 rings (SSSR count). The Morgan fingerprint density at radius 3 is 2.73 bits per heavy atom. The molecule has 11 heavy (non-hydrogen) atoms. The van der Waals surface area contributed by atoms with E-state index in [0.717, 1.165) is 0 Å². The van der Waals surface area contributed by atoms with Gasteiger partial charge in [0.2, 0.25) is 0 Å². The molecule has 1 aromatic rings. The third-order valence-electron chi connectivity index (χ3n) is 1.58. The van der Waals surface area contributed by atoms with Gasteiger partial charge in [-0.2, -0.15) is 0 Å². The minimum atomic E-state index is 0.643. The molecule has 0 bridgehead atoms. The van der Waals surface area contributed by atoms with Crippen LogP contribution in [0.2, 0.25) is 0 Å². The fourth-order valence-electron chi connectivity index (χ4n) is 0.961. The lowest BCUT2D eigenvalue weighted by Gasteiger charge is -1.99. The molecule has 0 amide bonds. The zero-order valence-electron chi connectivity index (χ0n) is 6.93. The van der Waals surface area contributed by atoms with Crippen molar-refractivity contribution in [2.45, 2.75) is 31.5 Å². The standard InChI is InChI=1S/C9H13BrS/c1-7(10)3-5-9-6-4-8(2)11-9/h4,6-7H,3,5H2,1-2H3. The minimum absolute atomic E-state index is 0.643. The van der Waals surface area contributed by atoms with Gasteiger partial charge < -0.3 is 0 Å². The number of hydrogen-bond acceptors (Lipinski definition) is 1. The smallest absolute Gasteiger partial charge is 0.0121 e. The molecule has 0 aliphatic heterocycles. The first kappa shape index (κ1) is 9.27. The largest absolute Gasteiger partial charge is 0.146 e. The molecule has 0 nitrogen and oxygen atoms in total. The summed E-state index contributed by atoms with van der Waals surface area (Å²) in [5.74, 6) is 0. The van der Waals surface area contributed by atoms with Crippen molar-refractivity contribution in [3.63, 3.8) is 0 Å². The summed E-state index contributed by atoms with van der Waals surface area (Å²) in [7, 11) is 0. The van der Waals surface area contributed by atoms with Crippen LogP contribution < -0.4 is 0 Å². The number of hydrogen-bond donors (Lipinski definition) is 0. The predicted molar refractivity (Wildman–Crippen MR) is 55.8 cm³/mol. The maximum atomic E-state index is 3.54. The highest BCUT2D eigenvalue weighted by atomic mass is 79.9. The number of halogens is 1. The lowest BCUT2D eigenvalue weighted by atomic mass is 10.2. The van der Waals surface area contributed by atoms with Crippen LogP contribution in [0.4, 0.5) is 0 Å². The second-order valence-corrected chi connectivity index (χ2v) is 5.77. The van der Waals surface area contributed by atoms with Crippen molar-refractivity contribution in [2.75, 3.05) is 0 Å². The van der Waals surface area contributed by atoms with Crippen LogP contribution in [0.3, 0.4) is 0 Å². The van der Waals surface area contributed by atoms with Crippen molar-refractivity contribution in [3.8, 4) is 0 Å². The number of rotatable bonds is 3. The molecular weight excluding hydrogens is 220 g/mol. The maximum absolute atomic E-state index is 3.54. The van der Waals surface area contributed by atoms with Crippen molar-refractivity contribution in [1.82, 2.24) is 0 Å². The van der Waals surface area contributed by atoms with E-state index in [0.29, 0.717) is 4.83 Å². The second kappa shape index (κ2) is 4.27. The van der Waals surface area contributed by atoms with Gasteiger partial charge >= 0.3 is 0 Å². The van der Waals surface area contributed by atoms with Gasteiger partial charge in [-0.15, -0.1) is 11.3 Å². The first-order valence-electron chi connectivity index (χ1n) is 3.88. The van der Waals surface area contributed by atoms with Crippen molar-refractivity contribution in [1.29, 1.82) is 0 Å². The molecule has 1 aromatic heterocycles. The molecule has 0 aliphatic carbocycles. The van der Waals surface area contributed by atoms with E-state index in [-0.39, 0.29) is 0 Å². The SMILES string of the molecule is Cc1ccc(CCC(C)Br)s1. The van der Waals surface area contributed by atoms with Gasteiger partial charge in [0, 0.05) is 14.6 Å². The van der Waals surface area contributed by atoms with Gasteiger partial charge in [0.15, 0.2) is 0 Å². The lowest BCUT2D eigenvalue weighted by molar-refractivity contribution is 0.832. The van der Waals surface area contributed by atoms with Gasteiger partial charge in [-0.05, 0) is 31.9 Å². The molecule has 1 heterocycles. The van der Waals surface area contributed by atoms with Crippen molar-refractivity contribution in [3.05, 3.63) is 21.9 Å². The predicted octanol–water partition coefficient (Wildman–Crippen LogP) is 3.77. The van der Waals surface area contributed by atoms with Gasteiger partial charge in [-0.3, -0.25) is 0 Å². The van der Waals surface area contributed by atoms with Crippen LogP contribution in [0, 0.1) is 6.92 Å².